The first-order chi connectivity index (χ1) is 6.27. The highest BCUT2D eigenvalue weighted by Crippen LogP contribution is 2.02. The smallest absolute Gasteiger partial charge is 0.250 e. The van der Waals surface area contributed by atoms with Gasteiger partial charge in [0.25, 0.3) is 5.91 Å². The number of nitrogens with one attached hydrogen (secondary N) is 1. The lowest BCUT2D eigenvalue weighted by atomic mass is 10.2. The molecular weight excluding hydrogens is 172 g/mol. The second-order valence-electron chi connectivity index (χ2n) is 2.85. The number of morpholine rings is 1. The van der Waals surface area contributed by atoms with E-state index in [1.807, 2.05) is 6.92 Å². The van der Waals surface area contributed by atoms with E-state index in [0.717, 1.165) is 6.41 Å². The molecule has 1 N–H and O–H groups in total. The molecule has 0 bridgehead atoms. The fourth-order valence-electron chi connectivity index (χ4n) is 1.21. The van der Waals surface area contributed by atoms with Crippen LogP contribution in [0.3, 0.4) is 0 Å². The van der Waals surface area contributed by atoms with E-state index in [1.54, 1.807) is 4.90 Å². The Bertz CT molecular complexity index is 196. The minimum Gasteiger partial charge on any atom is -0.365 e. The van der Waals surface area contributed by atoms with Gasteiger partial charge in [0.2, 0.25) is 6.41 Å². The molecule has 1 saturated heterocycles. The van der Waals surface area contributed by atoms with Crippen molar-refractivity contribution in [1.29, 1.82) is 0 Å². The summed E-state index contributed by atoms with van der Waals surface area (Å²) in [5.74, 6) is -0.144. The Hall–Kier alpha value is -1.10. The molecule has 1 atom stereocenters. The minimum atomic E-state index is -0.501. The predicted molar refractivity (Wildman–Crippen MR) is 46.1 cm³/mol. The van der Waals surface area contributed by atoms with Gasteiger partial charge in [-0.1, -0.05) is 0 Å². The fraction of sp³-hybridized carbons (Fsp3) is 0.750. The van der Waals surface area contributed by atoms with Gasteiger partial charge < -0.3 is 15.0 Å². The number of nitrogens with zero attached hydrogens (tertiary/aromatic N) is 1. The van der Waals surface area contributed by atoms with Crippen molar-refractivity contribution in [1.82, 2.24) is 10.2 Å². The van der Waals surface area contributed by atoms with Crippen LogP contribution in [-0.2, 0) is 14.3 Å². The molecule has 0 radical (unpaired) electrons. The molecular formula is C8H14N2O3. The molecule has 1 heterocycles. The predicted octanol–water partition coefficient (Wildman–Crippen LogP) is -1.02. The monoisotopic (exact) mass is 186 g/mol. The second-order valence-corrected chi connectivity index (χ2v) is 2.85. The molecule has 1 fully saturated rings. The third kappa shape index (κ3) is 2.69. The molecule has 0 saturated carbocycles. The summed E-state index contributed by atoms with van der Waals surface area (Å²) in [5, 5.41) is 2.65. The number of amides is 2. The lowest BCUT2D eigenvalue weighted by Crippen LogP contribution is -2.49. The van der Waals surface area contributed by atoms with E-state index in [4.69, 9.17) is 4.74 Å². The molecule has 1 rings (SSSR count). The summed E-state index contributed by atoms with van der Waals surface area (Å²) in [6.07, 6.45) is 0.244. The van der Waals surface area contributed by atoms with Crippen LogP contribution in [0.15, 0.2) is 0 Å². The van der Waals surface area contributed by atoms with Gasteiger partial charge in [-0.05, 0) is 6.92 Å². The molecule has 0 aromatic carbocycles. The molecule has 74 valence electrons. The number of likely N-dealkylation sites (N-methyl/N-ethyl adjacent to an activating group) is 1. The van der Waals surface area contributed by atoms with Crippen LogP contribution in [0.25, 0.3) is 0 Å². The van der Waals surface area contributed by atoms with Crippen LogP contribution in [0, 0.1) is 0 Å². The van der Waals surface area contributed by atoms with Crippen LogP contribution in [0.4, 0.5) is 0 Å². The highest BCUT2D eigenvalue weighted by Gasteiger charge is 2.24. The minimum absolute atomic E-state index is 0.144. The first-order valence-electron chi connectivity index (χ1n) is 4.36. The SMILES string of the molecule is CCNC(=O)C1CN(C=O)CCO1. The van der Waals surface area contributed by atoms with Gasteiger partial charge in [0.1, 0.15) is 0 Å². The summed E-state index contributed by atoms with van der Waals surface area (Å²) < 4.78 is 5.21. The van der Waals surface area contributed by atoms with E-state index in [9.17, 15) is 9.59 Å². The van der Waals surface area contributed by atoms with E-state index in [0.29, 0.717) is 26.2 Å². The standard InChI is InChI=1S/C8H14N2O3/c1-2-9-8(12)7-5-10(6-11)3-4-13-7/h6-7H,2-5H2,1H3,(H,9,12). The van der Waals surface area contributed by atoms with Crippen molar-refractivity contribution in [2.75, 3.05) is 26.2 Å². The molecule has 1 unspecified atom stereocenters. The summed E-state index contributed by atoms with van der Waals surface area (Å²) in [6.45, 7) is 3.79. The normalized spacial score (nSPS) is 22.5. The van der Waals surface area contributed by atoms with Crippen molar-refractivity contribution >= 4 is 12.3 Å². The summed E-state index contributed by atoms with van der Waals surface area (Å²) in [7, 11) is 0. The van der Waals surface area contributed by atoms with Crippen molar-refractivity contribution in [2.24, 2.45) is 0 Å². The maximum absolute atomic E-state index is 11.3. The molecule has 0 aromatic heterocycles. The Balaban J connectivity index is 2.41. The quantitative estimate of drug-likeness (QED) is 0.574. The number of hydrogen-bond donors (Lipinski definition) is 1. The second kappa shape index (κ2) is 4.81. The molecule has 0 aromatic rings. The first-order valence-corrected chi connectivity index (χ1v) is 4.36. The average molecular weight is 186 g/mol. The van der Waals surface area contributed by atoms with Gasteiger partial charge >= 0.3 is 0 Å². The number of carbonyl (C=O) groups excluding carboxylic acids is 2. The van der Waals surface area contributed by atoms with Gasteiger partial charge in [0.05, 0.1) is 13.2 Å². The molecule has 2 amide bonds. The largest absolute Gasteiger partial charge is 0.365 e. The zero-order chi connectivity index (χ0) is 9.68. The van der Waals surface area contributed by atoms with Gasteiger partial charge in [0, 0.05) is 13.1 Å². The van der Waals surface area contributed by atoms with Crippen LogP contribution < -0.4 is 5.32 Å². The molecule has 1 aliphatic heterocycles. The van der Waals surface area contributed by atoms with Gasteiger partial charge in [-0.2, -0.15) is 0 Å². The summed E-state index contributed by atoms with van der Waals surface area (Å²) in [4.78, 5) is 23.3. The van der Waals surface area contributed by atoms with E-state index in [1.165, 1.54) is 0 Å². The van der Waals surface area contributed by atoms with Crippen LogP contribution in [0.5, 0.6) is 0 Å². The summed E-state index contributed by atoms with van der Waals surface area (Å²) >= 11 is 0. The third-order valence-electron chi connectivity index (χ3n) is 1.89. The molecule has 0 aliphatic carbocycles. The molecule has 0 spiro atoms. The highest BCUT2D eigenvalue weighted by atomic mass is 16.5. The van der Waals surface area contributed by atoms with Gasteiger partial charge in [-0.15, -0.1) is 0 Å². The van der Waals surface area contributed by atoms with Crippen molar-refractivity contribution in [2.45, 2.75) is 13.0 Å². The molecule has 5 nitrogen and oxygen atoms in total. The Kier molecular flexibility index (Phi) is 3.70. The van der Waals surface area contributed by atoms with Crippen molar-refractivity contribution < 1.29 is 14.3 Å². The Morgan fingerprint density at radius 2 is 2.54 bits per heavy atom. The van der Waals surface area contributed by atoms with Crippen LogP contribution in [0.1, 0.15) is 6.92 Å². The van der Waals surface area contributed by atoms with Crippen molar-refractivity contribution in [3.63, 3.8) is 0 Å². The van der Waals surface area contributed by atoms with E-state index in [2.05, 4.69) is 5.32 Å². The molecule has 5 heteroatoms. The number of rotatable bonds is 3. The van der Waals surface area contributed by atoms with Crippen LogP contribution in [-0.4, -0.2) is 49.6 Å². The summed E-state index contributed by atoms with van der Waals surface area (Å²) in [5.41, 5.74) is 0. The lowest BCUT2D eigenvalue weighted by molar-refractivity contribution is -0.141. The Morgan fingerprint density at radius 1 is 1.77 bits per heavy atom. The number of hydrogen-bond acceptors (Lipinski definition) is 3. The van der Waals surface area contributed by atoms with E-state index in [-0.39, 0.29) is 5.91 Å². The molecule has 1 aliphatic rings. The topological polar surface area (TPSA) is 58.6 Å². The van der Waals surface area contributed by atoms with Crippen molar-refractivity contribution in [3.8, 4) is 0 Å². The zero-order valence-electron chi connectivity index (χ0n) is 7.66. The third-order valence-corrected chi connectivity index (χ3v) is 1.89. The summed E-state index contributed by atoms with van der Waals surface area (Å²) in [6, 6.07) is 0. The number of carbonyl (C=O) groups is 2. The Morgan fingerprint density at radius 3 is 3.15 bits per heavy atom. The first kappa shape index (κ1) is 9.98. The van der Waals surface area contributed by atoms with E-state index >= 15 is 0 Å². The van der Waals surface area contributed by atoms with E-state index < -0.39 is 6.10 Å². The Labute approximate surface area is 77.0 Å². The average Bonchev–Trinajstić information content (AvgIpc) is 2.18. The lowest BCUT2D eigenvalue weighted by Gasteiger charge is -2.29. The van der Waals surface area contributed by atoms with Crippen molar-refractivity contribution in [3.05, 3.63) is 0 Å². The maximum Gasteiger partial charge on any atom is 0.250 e. The fourth-order valence-corrected chi connectivity index (χ4v) is 1.21. The van der Waals surface area contributed by atoms with Gasteiger partial charge in [0.15, 0.2) is 6.10 Å². The maximum atomic E-state index is 11.3. The highest BCUT2D eigenvalue weighted by molar-refractivity contribution is 5.81. The molecule has 13 heavy (non-hydrogen) atoms. The van der Waals surface area contributed by atoms with Gasteiger partial charge in [-0.25, -0.2) is 0 Å². The number of ether oxygens (including phenoxy) is 1. The van der Waals surface area contributed by atoms with Crippen LogP contribution in [0.2, 0.25) is 0 Å². The van der Waals surface area contributed by atoms with Crippen LogP contribution >= 0.6 is 0 Å². The van der Waals surface area contributed by atoms with Gasteiger partial charge in [-0.3, -0.25) is 9.59 Å². The zero-order valence-corrected chi connectivity index (χ0v) is 7.66.